The number of alkyl halides is 3. The highest BCUT2D eigenvalue weighted by Gasteiger charge is 2.34. The lowest BCUT2D eigenvalue weighted by molar-refractivity contribution is -0.276. The Bertz CT molecular complexity index is 1080. The second-order valence-electron chi connectivity index (χ2n) is 7.68. The number of carbonyl (C=O) groups excluding carboxylic acids is 1. The van der Waals surface area contributed by atoms with Crippen molar-refractivity contribution in [3.05, 3.63) is 65.2 Å². The van der Waals surface area contributed by atoms with E-state index in [2.05, 4.69) is 11.7 Å². The van der Waals surface area contributed by atoms with Crippen LogP contribution in [0.5, 0.6) is 5.75 Å². The highest BCUT2D eigenvalue weighted by atomic mass is 19.4. The molecule has 0 atom stereocenters. The number of halogens is 5. The Kier molecular flexibility index (Phi) is 7.48. The van der Waals surface area contributed by atoms with Gasteiger partial charge in [0, 0.05) is 5.56 Å². The van der Waals surface area contributed by atoms with Crippen molar-refractivity contribution in [1.82, 2.24) is 0 Å². The number of aldehydes is 1. The Morgan fingerprint density at radius 1 is 0.906 bits per heavy atom. The molecule has 0 bridgehead atoms. The van der Waals surface area contributed by atoms with Crippen molar-refractivity contribution in [1.29, 1.82) is 0 Å². The van der Waals surface area contributed by atoms with Gasteiger partial charge in [0.25, 0.3) is 0 Å². The van der Waals surface area contributed by atoms with E-state index in [1.165, 1.54) is 25.3 Å². The van der Waals surface area contributed by atoms with E-state index in [9.17, 15) is 26.7 Å². The fourth-order valence-electron chi connectivity index (χ4n) is 3.80. The number of ether oxygens (including phenoxy) is 1. The smallest absolute Gasteiger partial charge is 0.399 e. The van der Waals surface area contributed by atoms with Crippen LogP contribution < -0.4 is 4.74 Å². The van der Waals surface area contributed by atoms with Gasteiger partial charge in [0.2, 0.25) is 5.75 Å². The normalized spacial score (nSPS) is 11.7. The van der Waals surface area contributed by atoms with E-state index in [0.29, 0.717) is 11.7 Å². The van der Waals surface area contributed by atoms with E-state index in [4.69, 9.17) is 0 Å². The Morgan fingerprint density at radius 2 is 1.59 bits per heavy atom. The van der Waals surface area contributed by atoms with Crippen molar-refractivity contribution in [3.63, 3.8) is 0 Å². The SMILES string of the molecule is CCCCCCCc1ccc2c(C=O)c(-c3cc(F)c(OC(F)(F)F)c(F)c3)ccc2c1. The van der Waals surface area contributed by atoms with E-state index in [0.717, 1.165) is 42.3 Å². The minimum Gasteiger partial charge on any atom is -0.399 e. The van der Waals surface area contributed by atoms with Crippen LogP contribution in [0.2, 0.25) is 0 Å². The lowest BCUT2D eigenvalue weighted by atomic mass is 9.93. The number of benzene rings is 3. The molecule has 0 unspecified atom stereocenters. The fraction of sp³-hybridized carbons (Fsp3) is 0.320. The van der Waals surface area contributed by atoms with E-state index >= 15 is 0 Å². The average Bonchev–Trinajstić information content (AvgIpc) is 2.74. The quantitative estimate of drug-likeness (QED) is 0.187. The minimum atomic E-state index is -5.23. The molecule has 2 nitrogen and oxygen atoms in total. The first kappa shape index (κ1) is 23.7. The van der Waals surface area contributed by atoms with Crippen LogP contribution in [0.25, 0.3) is 21.9 Å². The number of rotatable bonds is 9. The molecule has 170 valence electrons. The molecule has 3 aromatic carbocycles. The van der Waals surface area contributed by atoms with E-state index < -0.39 is 23.7 Å². The third-order valence-electron chi connectivity index (χ3n) is 5.34. The van der Waals surface area contributed by atoms with Crippen LogP contribution in [0.1, 0.15) is 54.9 Å². The summed E-state index contributed by atoms with van der Waals surface area (Å²) in [4.78, 5) is 11.8. The molecule has 0 radical (unpaired) electrons. The first-order valence-corrected chi connectivity index (χ1v) is 10.5. The van der Waals surface area contributed by atoms with Gasteiger partial charge in [-0.05, 0) is 52.4 Å². The summed E-state index contributed by atoms with van der Waals surface area (Å²) in [6.07, 6.45) is 2.07. The number of aryl methyl sites for hydroxylation is 1. The molecule has 0 saturated heterocycles. The molecule has 0 heterocycles. The van der Waals surface area contributed by atoms with Crippen molar-refractivity contribution in [2.75, 3.05) is 0 Å². The first-order valence-electron chi connectivity index (χ1n) is 10.5. The van der Waals surface area contributed by atoms with Crippen LogP contribution in [0.15, 0.2) is 42.5 Å². The zero-order chi connectivity index (χ0) is 23.3. The van der Waals surface area contributed by atoms with Gasteiger partial charge in [0.05, 0.1) is 0 Å². The van der Waals surface area contributed by atoms with Crippen LogP contribution in [-0.4, -0.2) is 12.6 Å². The van der Waals surface area contributed by atoms with Crippen LogP contribution in [0.3, 0.4) is 0 Å². The maximum atomic E-state index is 14.2. The molecule has 0 spiro atoms. The maximum Gasteiger partial charge on any atom is 0.573 e. The van der Waals surface area contributed by atoms with Gasteiger partial charge in [-0.3, -0.25) is 4.79 Å². The summed E-state index contributed by atoms with van der Waals surface area (Å²) in [7, 11) is 0. The number of unbranched alkanes of at least 4 members (excludes halogenated alkanes) is 4. The Morgan fingerprint density at radius 3 is 2.22 bits per heavy atom. The minimum absolute atomic E-state index is 0.0569. The topological polar surface area (TPSA) is 26.3 Å². The first-order chi connectivity index (χ1) is 15.2. The zero-order valence-electron chi connectivity index (χ0n) is 17.6. The monoisotopic (exact) mass is 450 g/mol. The predicted molar refractivity (Wildman–Crippen MR) is 114 cm³/mol. The molecule has 0 aliphatic carbocycles. The molecule has 0 amide bonds. The van der Waals surface area contributed by atoms with Gasteiger partial charge in [-0.1, -0.05) is 62.9 Å². The molecule has 3 rings (SSSR count). The summed E-state index contributed by atoms with van der Waals surface area (Å²) in [5.41, 5.74) is 1.50. The number of hydrogen-bond acceptors (Lipinski definition) is 2. The van der Waals surface area contributed by atoms with Gasteiger partial charge >= 0.3 is 6.36 Å². The van der Waals surface area contributed by atoms with Crippen molar-refractivity contribution in [2.45, 2.75) is 51.8 Å². The molecule has 7 heteroatoms. The van der Waals surface area contributed by atoms with E-state index in [-0.39, 0.29) is 16.7 Å². The summed E-state index contributed by atoms with van der Waals surface area (Å²) in [5.74, 6) is -4.54. The van der Waals surface area contributed by atoms with Gasteiger partial charge in [-0.25, -0.2) is 8.78 Å². The molecule has 32 heavy (non-hydrogen) atoms. The van der Waals surface area contributed by atoms with Crippen LogP contribution in [-0.2, 0) is 6.42 Å². The van der Waals surface area contributed by atoms with Gasteiger partial charge in [0.15, 0.2) is 17.9 Å². The summed E-state index contributed by atoms with van der Waals surface area (Å²) in [5, 5.41) is 1.41. The van der Waals surface area contributed by atoms with Crippen LogP contribution in [0, 0.1) is 11.6 Å². The summed E-state index contributed by atoms with van der Waals surface area (Å²) in [6, 6.07) is 10.4. The molecule has 0 saturated carbocycles. The van der Waals surface area contributed by atoms with Gasteiger partial charge in [0.1, 0.15) is 0 Å². The number of carbonyl (C=O) groups is 1. The summed E-state index contributed by atoms with van der Waals surface area (Å²) in [6.45, 7) is 2.16. The standard InChI is InChI=1S/C25H23F5O2/c1-2-3-4-5-6-7-16-8-10-19-17(12-16)9-11-20(21(19)15-31)18-13-22(26)24(23(27)14-18)32-25(28,29)30/h8-15H,2-7H2,1H3. The average molecular weight is 450 g/mol. The molecule has 0 fully saturated rings. The summed E-state index contributed by atoms with van der Waals surface area (Å²) < 4.78 is 68.9. The largest absolute Gasteiger partial charge is 0.573 e. The molecule has 0 aromatic heterocycles. The molecule has 0 aliphatic heterocycles. The number of fused-ring (bicyclic) bond motifs is 1. The van der Waals surface area contributed by atoms with Crippen molar-refractivity contribution < 1.29 is 31.5 Å². The predicted octanol–water partition coefficient (Wildman–Crippen LogP) is 8.01. The van der Waals surface area contributed by atoms with Crippen molar-refractivity contribution in [3.8, 4) is 16.9 Å². The van der Waals surface area contributed by atoms with E-state index in [1.54, 1.807) is 12.1 Å². The Balaban J connectivity index is 1.92. The maximum absolute atomic E-state index is 14.2. The Labute approximate surface area is 183 Å². The van der Waals surface area contributed by atoms with Gasteiger partial charge in [-0.15, -0.1) is 13.2 Å². The molecule has 0 N–H and O–H groups in total. The second kappa shape index (κ2) is 10.1. The zero-order valence-corrected chi connectivity index (χ0v) is 17.6. The highest BCUT2D eigenvalue weighted by Crippen LogP contribution is 2.35. The molecule has 0 aliphatic rings. The highest BCUT2D eigenvalue weighted by molar-refractivity contribution is 6.04. The molecule has 3 aromatic rings. The third-order valence-corrected chi connectivity index (χ3v) is 5.34. The van der Waals surface area contributed by atoms with Crippen LogP contribution >= 0.6 is 0 Å². The number of hydrogen-bond donors (Lipinski definition) is 0. The van der Waals surface area contributed by atoms with Crippen molar-refractivity contribution in [2.24, 2.45) is 0 Å². The molecular weight excluding hydrogens is 427 g/mol. The lowest BCUT2D eigenvalue weighted by Gasteiger charge is -2.14. The van der Waals surface area contributed by atoms with Crippen LogP contribution in [0.4, 0.5) is 22.0 Å². The fourth-order valence-corrected chi connectivity index (χ4v) is 3.80. The van der Waals surface area contributed by atoms with E-state index in [1.807, 2.05) is 12.1 Å². The second-order valence-corrected chi connectivity index (χ2v) is 7.68. The van der Waals surface area contributed by atoms with Crippen molar-refractivity contribution >= 4 is 17.1 Å². The summed E-state index contributed by atoms with van der Waals surface area (Å²) >= 11 is 0. The lowest BCUT2D eigenvalue weighted by Crippen LogP contribution is -2.19. The third kappa shape index (κ3) is 5.64. The van der Waals surface area contributed by atoms with Gasteiger partial charge in [-0.2, -0.15) is 0 Å². The molecular formula is C25H23F5O2. The Hall–Kier alpha value is -2.96. The van der Waals surface area contributed by atoms with Gasteiger partial charge < -0.3 is 4.74 Å².